The van der Waals surface area contributed by atoms with Gasteiger partial charge in [0.2, 0.25) is 0 Å². The maximum atomic E-state index is 11.9. The van der Waals surface area contributed by atoms with E-state index in [9.17, 15) is 14.7 Å². The standard InChI is InChI=1S/C18H17ClN2O6/c1-26-14-8-11(7-13(19)17(14)27-10-15(22)23)9-20-21-18(25)16(24)12-5-3-2-4-6-12/h2-9,16,24H,10H2,1H3,(H,21,25)(H,22,23)/b20-9-/t16-/m0/s1. The number of aliphatic carboxylic acids is 1. The molecule has 2 aromatic rings. The number of amides is 1. The minimum atomic E-state index is -1.35. The Balaban J connectivity index is 2.07. The average Bonchev–Trinajstić information content (AvgIpc) is 2.66. The maximum absolute atomic E-state index is 11.9. The Morgan fingerprint density at radius 1 is 1.30 bits per heavy atom. The minimum absolute atomic E-state index is 0.0854. The molecule has 0 saturated heterocycles. The summed E-state index contributed by atoms with van der Waals surface area (Å²) in [5, 5.41) is 22.5. The van der Waals surface area contributed by atoms with E-state index in [0.717, 1.165) is 0 Å². The SMILES string of the molecule is COc1cc(/C=N\NC(=O)[C@@H](O)c2ccccc2)cc(Cl)c1OCC(=O)O. The third kappa shape index (κ3) is 5.70. The van der Waals surface area contributed by atoms with Crippen LogP contribution >= 0.6 is 11.6 Å². The van der Waals surface area contributed by atoms with Gasteiger partial charge >= 0.3 is 5.97 Å². The maximum Gasteiger partial charge on any atom is 0.341 e. The number of hydrogen-bond donors (Lipinski definition) is 3. The summed E-state index contributed by atoms with van der Waals surface area (Å²) in [5.74, 6) is -1.56. The number of methoxy groups -OCH3 is 1. The zero-order chi connectivity index (χ0) is 19.8. The van der Waals surface area contributed by atoms with Crippen molar-refractivity contribution < 1.29 is 29.3 Å². The highest BCUT2D eigenvalue weighted by Crippen LogP contribution is 2.36. The van der Waals surface area contributed by atoms with E-state index in [2.05, 4.69) is 10.5 Å². The molecular formula is C18H17ClN2O6. The molecule has 2 aromatic carbocycles. The van der Waals surface area contributed by atoms with Gasteiger partial charge in [-0.15, -0.1) is 0 Å². The molecule has 3 N–H and O–H groups in total. The van der Waals surface area contributed by atoms with E-state index in [0.29, 0.717) is 11.1 Å². The van der Waals surface area contributed by atoms with Gasteiger partial charge in [-0.1, -0.05) is 41.9 Å². The van der Waals surface area contributed by atoms with Gasteiger partial charge in [0.25, 0.3) is 5.91 Å². The van der Waals surface area contributed by atoms with Crippen LogP contribution in [0.1, 0.15) is 17.2 Å². The number of carbonyl (C=O) groups is 2. The van der Waals surface area contributed by atoms with Crippen LogP contribution < -0.4 is 14.9 Å². The molecule has 0 aliphatic rings. The van der Waals surface area contributed by atoms with E-state index in [1.807, 2.05) is 0 Å². The average molecular weight is 393 g/mol. The Morgan fingerprint density at radius 2 is 2.00 bits per heavy atom. The fourth-order valence-electron chi connectivity index (χ4n) is 2.11. The first-order valence-electron chi connectivity index (χ1n) is 7.70. The molecule has 2 rings (SSSR count). The fraction of sp³-hybridized carbons (Fsp3) is 0.167. The molecule has 0 aromatic heterocycles. The number of carbonyl (C=O) groups excluding carboxylic acids is 1. The van der Waals surface area contributed by atoms with Gasteiger partial charge in [0.15, 0.2) is 24.2 Å². The Kier molecular flexibility index (Phi) is 7.16. The zero-order valence-corrected chi connectivity index (χ0v) is 15.0. The van der Waals surface area contributed by atoms with Crippen molar-refractivity contribution in [2.75, 3.05) is 13.7 Å². The molecule has 1 atom stereocenters. The Morgan fingerprint density at radius 3 is 2.63 bits per heavy atom. The van der Waals surface area contributed by atoms with Gasteiger partial charge in [-0.25, -0.2) is 10.2 Å². The van der Waals surface area contributed by atoms with Gasteiger partial charge in [0.1, 0.15) is 0 Å². The molecular weight excluding hydrogens is 376 g/mol. The van der Waals surface area contributed by atoms with Crippen molar-refractivity contribution in [1.82, 2.24) is 5.43 Å². The molecule has 0 aliphatic heterocycles. The van der Waals surface area contributed by atoms with Crippen LogP contribution in [0.25, 0.3) is 0 Å². The molecule has 0 saturated carbocycles. The normalized spacial score (nSPS) is 11.8. The van der Waals surface area contributed by atoms with Crippen molar-refractivity contribution in [2.24, 2.45) is 5.10 Å². The lowest BCUT2D eigenvalue weighted by molar-refractivity contribution is -0.139. The monoisotopic (exact) mass is 392 g/mol. The van der Waals surface area contributed by atoms with Crippen molar-refractivity contribution in [1.29, 1.82) is 0 Å². The van der Waals surface area contributed by atoms with Crippen LogP contribution in [0.4, 0.5) is 0 Å². The largest absolute Gasteiger partial charge is 0.493 e. The molecule has 9 heteroatoms. The van der Waals surface area contributed by atoms with Crippen molar-refractivity contribution in [3.63, 3.8) is 0 Å². The number of hydrogen-bond acceptors (Lipinski definition) is 6. The van der Waals surface area contributed by atoms with Crippen LogP contribution in [-0.2, 0) is 9.59 Å². The second kappa shape index (κ2) is 9.56. The molecule has 142 valence electrons. The summed E-state index contributed by atoms with van der Waals surface area (Å²) in [6, 6.07) is 11.4. The van der Waals surface area contributed by atoms with Gasteiger partial charge in [0.05, 0.1) is 18.3 Å². The minimum Gasteiger partial charge on any atom is -0.493 e. The van der Waals surface area contributed by atoms with E-state index < -0.39 is 24.6 Å². The number of ether oxygens (including phenoxy) is 2. The second-order valence-corrected chi connectivity index (χ2v) is 5.67. The van der Waals surface area contributed by atoms with Crippen molar-refractivity contribution >= 4 is 29.7 Å². The molecule has 0 heterocycles. The topological polar surface area (TPSA) is 117 Å². The summed E-state index contributed by atoms with van der Waals surface area (Å²) in [6.45, 7) is -0.572. The van der Waals surface area contributed by atoms with E-state index in [1.54, 1.807) is 30.3 Å². The van der Waals surface area contributed by atoms with E-state index in [1.165, 1.54) is 25.5 Å². The number of aliphatic hydroxyl groups is 1. The van der Waals surface area contributed by atoms with Crippen LogP contribution in [0.3, 0.4) is 0 Å². The predicted octanol–water partition coefficient (Wildman–Crippen LogP) is 2.00. The number of nitrogens with one attached hydrogen (secondary N) is 1. The molecule has 0 unspecified atom stereocenters. The summed E-state index contributed by atoms with van der Waals surface area (Å²) in [6.07, 6.45) is -0.0568. The Bertz CT molecular complexity index is 841. The number of aliphatic hydroxyl groups excluding tert-OH is 1. The summed E-state index contributed by atoms with van der Waals surface area (Å²) >= 11 is 6.08. The number of rotatable bonds is 8. The van der Waals surface area contributed by atoms with Crippen molar-refractivity contribution in [2.45, 2.75) is 6.10 Å². The highest BCUT2D eigenvalue weighted by molar-refractivity contribution is 6.32. The lowest BCUT2D eigenvalue weighted by atomic mass is 10.1. The van der Waals surface area contributed by atoms with Crippen molar-refractivity contribution in [3.05, 3.63) is 58.6 Å². The molecule has 1 amide bonds. The highest BCUT2D eigenvalue weighted by Gasteiger charge is 2.16. The summed E-state index contributed by atoms with van der Waals surface area (Å²) < 4.78 is 10.2. The van der Waals surface area contributed by atoms with Gasteiger partial charge in [0, 0.05) is 0 Å². The Hall–Kier alpha value is -3.10. The molecule has 0 fully saturated rings. The molecule has 0 radical (unpaired) electrons. The van der Waals surface area contributed by atoms with E-state index >= 15 is 0 Å². The quantitative estimate of drug-likeness (QED) is 0.467. The number of carboxylic acid groups (broad SMARTS) is 1. The number of halogens is 1. The van der Waals surface area contributed by atoms with Crippen LogP contribution in [0.5, 0.6) is 11.5 Å². The van der Waals surface area contributed by atoms with Gasteiger partial charge < -0.3 is 19.7 Å². The number of nitrogens with zero attached hydrogens (tertiary/aromatic N) is 1. The first-order chi connectivity index (χ1) is 12.9. The van der Waals surface area contributed by atoms with Gasteiger partial charge in [-0.05, 0) is 23.3 Å². The van der Waals surface area contributed by atoms with Crippen LogP contribution in [0.15, 0.2) is 47.6 Å². The van der Waals surface area contributed by atoms with E-state index in [-0.39, 0.29) is 16.5 Å². The zero-order valence-electron chi connectivity index (χ0n) is 14.3. The predicted molar refractivity (Wildman–Crippen MR) is 98.3 cm³/mol. The highest BCUT2D eigenvalue weighted by atomic mass is 35.5. The first-order valence-corrected chi connectivity index (χ1v) is 8.08. The third-order valence-corrected chi connectivity index (χ3v) is 3.62. The van der Waals surface area contributed by atoms with Crippen LogP contribution in [0, 0.1) is 0 Å². The van der Waals surface area contributed by atoms with Crippen LogP contribution in [0.2, 0.25) is 5.02 Å². The lowest BCUT2D eigenvalue weighted by Crippen LogP contribution is -2.25. The molecule has 8 nitrogen and oxygen atoms in total. The molecule has 27 heavy (non-hydrogen) atoms. The van der Waals surface area contributed by atoms with Gasteiger partial charge in [-0.3, -0.25) is 4.79 Å². The smallest absolute Gasteiger partial charge is 0.341 e. The summed E-state index contributed by atoms with van der Waals surface area (Å²) in [5.41, 5.74) is 3.14. The van der Waals surface area contributed by atoms with Gasteiger partial charge in [-0.2, -0.15) is 5.10 Å². The second-order valence-electron chi connectivity index (χ2n) is 5.26. The lowest BCUT2D eigenvalue weighted by Gasteiger charge is -2.12. The summed E-state index contributed by atoms with van der Waals surface area (Å²) in [7, 11) is 1.37. The molecule has 0 aliphatic carbocycles. The fourth-order valence-corrected chi connectivity index (χ4v) is 2.38. The third-order valence-electron chi connectivity index (χ3n) is 3.34. The number of benzene rings is 2. The summed E-state index contributed by atoms with van der Waals surface area (Å²) in [4.78, 5) is 22.5. The molecule has 0 bridgehead atoms. The number of carboxylic acids is 1. The Labute approximate surface area is 160 Å². The van der Waals surface area contributed by atoms with Crippen LogP contribution in [-0.4, -0.2) is 42.0 Å². The van der Waals surface area contributed by atoms with E-state index in [4.69, 9.17) is 26.2 Å². The van der Waals surface area contributed by atoms with Crippen molar-refractivity contribution in [3.8, 4) is 11.5 Å². The first kappa shape index (κ1) is 20.2. The number of hydrazone groups is 1. The molecule has 0 spiro atoms.